The third kappa shape index (κ3) is 4.45. The Hall–Kier alpha value is -3.87. The Morgan fingerprint density at radius 3 is 2.54 bits per heavy atom. The Morgan fingerprint density at radius 1 is 1.29 bits per heavy atom. The van der Waals surface area contributed by atoms with Crippen LogP contribution in [0.2, 0.25) is 0 Å². The fourth-order valence-electron chi connectivity index (χ4n) is 2.52. The summed E-state index contributed by atoms with van der Waals surface area (Å²) >= 11 is 0. The monoisotopic (exact) mass is 386 g/mol. The van der Waals surface area contributed by atoms with Crippen LogP contribution >= 0.6 is 0 Å². The molecule has 0 bridgehead atoms. The Bertz CT molecular complexity index is 1010. The van der Waals surface area contributed by atoms with Crippen molar-refractivity contribution in [3.05, 3.63) is 62.1 Å². The molecule has 2 aromatic rings. The van der Waals surface area contributed by atoms with E-state index in [0.29, 0.717) is 11.5 Å². The second-order valence-electron chi connectivity index (χ2n) is 5.85. The lowest BCUT2D eigenvalue weighted by molar-refractivity contribution is -0.385. The van der Waals surface area contributed by atoms with Crippen molar-refractivity contribution in [3.63, 3.8) is 0 Å². The Morgan fingerprint density at radius 2 is 1.96 bits per heavy atom. The molecule has 0 N–H and O–H groups in total. The number of nitro groups is 1. The van der Waals surface area contributed by atoms with E-state index in [1.54, 1.807) is 24.3 Å². The zero-order valence-corrected chi connectivity index (χ0v) is 15.5. The van der Waals surface area contributed by atoms with E-state index in [9.17, 15) is 19.7 Å². The number of benzene rings is 1. The smallest absolute Gasteiger partial charge is 0.287 e. The molecule has 10 heteroatoms. The number of hydrogen-bond acceptors (Lipinski definition) is 7. The summed E-state index contributed by atoms with van der Waals surface area (Å²) in [5.41, 5.74) is -0.838. The highest BCUT2D eigenvalue weighted by Crippen LogP contribution is 2.27. The summed E-state index contributed by atoms with van der Waals surface area (Å²) in [6.45, 7) is -0.215. The van der Waals surface area contributed by atoms with Crippen LogP contribution in [0.4, 0.5) is 5.69 Å². The minimum absolute atomic E-state index is 0.216. The fourth-order valence-corrected chi connectivity index (χ4v) is 2.52. The zero-order chi connectivity index (χ0) is 20.8. The first-order chi connectivity index (χ1) is 13.3. The summed E-state index contributed by atoms with van der Waals surface area (Å²) in [5.74, 6) is 0.600. The van der Waals surface area contributed by atoms with Gasteiger partial charge in [-0.3, -0.25) is 24.3 Å². The van der Waals surface area contributed by atoms with E-state index in [1.807, 2.05) is 0 Å². The molecule has 146 valence electrons. The number of methoxy groups -OCH3 is 2. The molecule has 0 unspecified atom stereocenters. The van der Waals surface area contributed by atoms with Gasteiger partial charge in [0.2, 0.25) is 5.91 Å². The largest absolute Gasteiger partial charge is 0.493 e. The van der Waals surface area contributed by atoms with E-state index in [2.05, 4.69) is 0 Å². The molecule has 1 amide bonds. The van der Waals surface area contributed by atoms with Gasteiger partial charge in [0.15, 0.2) is 11.5 Å². The SMILES string of the molecule is COc1ccc(CN(C)C(=O)Cn2cc([N+](=O)[O-])cc(C#N)c2=O)cc1OC. The molecule has 0 saturated heterocycles. The second kappa shape index (κ2) is 8.68. The van der Waals surface area contributed by atoms with E-state index >= 15 is 0 Å². The number of likely N-dealkylation sites (N-methyl/N-ethyl adjacent to an activating group) is 1. The zero-order valence-electron chi connectivity index (χ0n) is 15.5. The Balaban J connectivity index is 2.21. The minimum Gasteiger partial charge on any atom is -0.493 e. The number of pyridine rings is 1. The quantitative estimate of drug-likeness (QED) is 0.518. The number of aromatic nitrogens is 1. The van der Waals surface area contributed by atoms with Crippen LogP contribution in [-0.4, -0.2) is 41.6 Å². The van der Waals surface area contributed by atoms with Crippen LogP contribution in [0.3, 0.4) is 0 Å². The molecule has 0 atom stereocenters. The van der Waals surface area contributed by atoms with Crippen molar-refractivity contribution in [2.75, 3.05) is 21.3 Å². The molecule has 0 aliphatic heterocycles. The van der Waals surface area contributed by atoms with E-state index < -0.39 is 34.2 Å². The van der Waals surface area contributed by atoms with Gasteiger partial charge in [0.1, 0.15) is 18.2 Å². The number of hydrogen-bond donors (Lipinski definition) is 0. The van der Waals surface area contributed by atoms with Crippen molar-refractivity contribution in [3.8, 4) is 17.6 Å². The van der Waals surface area contributed by atoms with E-state index in [4.69, 9.17) is 14.7 Å². The predicted molar refractivity (Wildman–Crippen MR) is 98.1 cm³/mol. The normalized spacial score (nSPS) is 10.1. The van der Waals surface area contributed by atoms with Crippen LogP contribution in [-0.2, 0) is 17.9 Å². The van der Waals surface area contributed by atoms with Gasteiger partial charge in [-0.25, -0.2) is 0 Å². The predicted octanol–water partition coefficient (Wildman–Crippen LogP) is 1.30. The van der Waals surface area contributed by atoms with Crippen molar-refractivity contribution >= 4 is 11.6 Å². The Labute approximate surface area is 160 Å². The number of rotatable bonds is 7. The first kappa shape index (κ1) is 20.4. The second-order valence-corrected chi connectivity index (χ2v) is 5.85. The first-order valence-corrected chi connectivity index (χ1v) is 8.04. The standard InChI is InChI=1S/C18H18N4O6/c1-20(9-12-4-5-15(27-2)16(6-12)28-3)17(23)11-21-10-14(22(25)26)7-13(8-19)18(21)24/h4-7,10H,9,11H2,1-3H3. The number of carbonyl (C=O) groups is 1. The summed E-state index contributed by atoms with van der Waals surface area (Å²) in [5, 5.41) is 19.9. The molecule has 0 saturated carbocycles. The highest BCUT2D eigenvalue weighted by Gasteiger charge is 2.18. The van der Waals surface area contributed by atoms with Crippen LogP contribution in [0.1, 0.15) is 11.1 Å². The van der Waals surface area contributed by atoms with Gasteiger partial charge in [-0.05, 0) is 17.7 Å². The van der Waals surface area contributed by atoms with Gasteiger partial charge >= 0.3 is 0 Å². The number of amides is 1. The van der Waals surface area contributed by atoms with Gasteiger partial charge in [-0.1, -0.05) is 6.07 Å². The van der Waals surface area contributed by atoms with Gasteiger partial charge in [0.05, 0.1) is 25.3 Å². The fraction of sp³-hybridized carbons (Fsp3) is 0.278. The molecule has 1 aromatic heterocycles. The minimum atomic E-state index is -0.763. The van der Waals surface area contributed by atoms with Crippen LogP contribution < -0.4 is 15.0 Å². The molecule has 1 heterocycles. The van der Waals surface area contributed by atoms with Crippen molar-refractivity contribution in [1.82, 2.24) is 9.47 Å². The summed E-state index contributed by atoms with van der Waals surface area (Å²) in [4.78, 5) is 36.2. The van der Waals surface area contributed by atoms with Gasteiger partial charge in [0.25, 0.3) is 11.2 Å². The van der Waals surface area contributed by atoms with E-state index in [-0.39, 0.29) is 6.54 Å². The van der Waals surface area contributed by atoms with E-state index in [0.717, 1.165) is 22.4 Å². The van der Waals surface area contributed by atoms with Crippen LogP contribution in [0.5, 0.6) is 11.5 Å². The maximum absolute atomic E-state index is 12.5. The average molecular weight is 386 g/mol. The van der Waals surface area contributed by atoms with Crippen LogP contribution in [0.25, 0.3) is 0 Å². The molecule has 0 spiro atoms. The molecular formula is C18H18N4O6. The number of nitriles is 1. The lowest BCUT2D eigenvalue weighted by Crippen LogP contribution is -2.34. The molecule has 2 rings (SSSR count). The van der Waals surface area contributed by atoms with Crippen molar-refractivity contribution in [2.45, 2.75) is 13.1 Å². The molecular weight excluding hydrogens is 368 g/mol. The summed E-state index contributed by atoms with van der Waals surface area (Å²) in [7, 11) is 4.55. The Kier molecular flexibility index (Phi) is 6.34. The molecule has 28 heavy (non-hydrogen) atoms. The third-order valence-electron chi connectivity index (χ3n) is 4.00. The molecule has 0 aliphatic rings. The summed E-state index contributed by atoms with van der Waals surface area (Å²) < 4.78 is 11.3. The maximum atomic E-state index is 12.5. The molecule has 10 nitrogen and oxygen atoms in total. The lowest BCUT2D eigenvalue weighted by atomic mass is 10.2. The summed E-state index contributed by atoms with van der Waals surface area (Å²) in [6.07, 6.45) is 0.950. The number of nitrogens with zero attached hydrogens (tertiary/aromatic N) is 4. The first-order valence-electron chi connectivity index (χ1n) is 8.04. The number of carbonyl (C=O) groups excluding carboxylic acids is 1. The molecule has 1 aromatic carbocycles. The topological polar surface area (TPSA) is 128 Å². The third-order valence-corrected chi connectivity index (χ3v) is 4.00. The highest BCUT2D eigenvalue weighted by atomic mass is 16.6. The van der Waals surface area contributed by atoms with Crippen LogP contribution in [0.15, 0.2) is 35.3 Å². The molecule has 0 aliphatic carbocycles. The van der Waals surface area contributed by atoms with Gasteiger partial charge in [-0.15, -0.1) is 0 Å². The molecule has 0 radical (unpaired) electrons. The van der Waals surface area contributed by atoms with Crippen molar-refractivity contribution < 1.29 is 19.2 Å². The van der Waals surface area contributed by atoms with Crippen molar-refractivity contribution in [1.29, 1.82) is 5.26 Å². The van der Waals surface area contributed by atoms with Crippen LogP contribution in [0, 0.1) is 21.4 Å². The number of ether oxygens (including phenoxy) is 2. The molecule has 0 fully saturated rings. The average Bonchev–Trinajstić information content (AvgIpc) is 2.68. The van der Waals surface area contributed by atoms with Gasteiger partial charge in [-0.2, -0.15) is 5.26 Å². The summed E-state index contributed by atoms with van der Waals surface area (Å²) in [6, 6.07) is 7.68. The van der Waals surface area contributed by atoms with Gasteiger partial charge < -0.3 is 14.4 Å². The highest BCUT2D eigenvalue weighted by molar-refractivity contribution is 5.75. The van der Waals surface area contributed by atoms with Gasteiger partial charge in [0, 0.05) is 19.7 Å². The van der Waals surface area contributed by atoms with E-state index in [1.165, 1.54) is 26.2 Å². The lowest BCUT2D eigenvalue weighted by Gasteiger charge is -2.19. The maximum Gasteiger partial charge on any atom is 0.287 e. The van der Waals surface area contributed by atoms with Crippen molar-refractivity contribution in [2.24, 2.45) is 0 Å².